The fourth-order valence-corrected chi connectivity index (χ4v) is 3.13. The Balaban J connectivity index is 2.93. The number of amides is 1. The molecule has 26 heavy (non-hydrogen) atoms. The first-order valence-electron chi connectivity index (χ1n) is 8.99. The largest absolute Gasteiger partial charge is 0.444 e. The van der Waals surface area contributed by atoms with Crippen molar-refractivity contribution in [2.75, 3.05) is 19.7 Å². The zero-order chi connectivity index (χ0) is 19.7. The van der Waals surface area contributed by atoms with Crippen molar-refractivity contribution in [1.29, 1.82) is 0 Å². The summed E-state index contributed by atoms with van der Waals surface area (Å²) < 4.78 is 6.31. The van der Waals surface area contributed by atoms with Gasteiger partial charge in [-0.1, -0.05) is 60.2 Å². The number of halogens is 1. The van der Waals surface area contributed by atoms with E-state index >= 15 is 0 Å². The molecule has 0 saturated heterocycles. The topological polar surface area (TPSA) is 66.8 Å². The number of ether oxygens (including phenoxy) is 1. The van der Waals surface area contributed by atoms with Gasteiger partial charge in [0.2, 0.25) is 0 Å². The highest BCUT2D eigenvalue weighted by molar-refractivity contribution is 14.1. The van der Waals surface area contributed by atoms with Gasteiger partial charge in [-0.3, -0.25) is 4.79 Å². The van der Waals surface area contributed by atoms with Crippen molar-refractivity contribution < 1.29 is 19.4 Å². The molecule has 1 atom stereocenters. The first-order valence-corrected chi connectivity index (χ1v) is 10.5. The maximum absolute atomic E-state index is 12.9. The van der Waals surface area contributed by atoms with E-state index in [9.17, 15) is 14.7 Å². The van der Waals surface area contributed by atoms with Crippen LogP contribution < -0.4 is 0 Å². The Morgan fingerprint density at radius 3 is 2.31 bits per heavy atom. The Bertz CT molecular complexity index is 580. The lowest BCUT2D eigenvalue weighted by Gasteiger charge is -2.29. The van der Waals surface area contributed by atoms with Gasteiger partial charge < -0.3 is 14.7 Å². The van der Waals surface area contributed by atoms with Crippen molar-refractivity contribution in [3.63, 3.8) is 0 Å². The molecule has 1 unspecified atom stereocenters. The monoisotopic (exact) mass is 475 g/mol. The van der Waals surface area contributed by atoms with Crippen molar-refractivity contribution in [2.24, 2.45) is 5.92 Å². The minimum absolute atomic E-state index is 0.0263. The molecule has 0 heterocycles. The molecule has 0 bridgehead atoms. The van der Waals surface area contributed by atoms with Gasteiger partial charge in [0.05, 0.1) is 6.61 Å². The van der Waals surface area contributed by atoms with Gasteiger partial charge in [0.1, 0.15) is 5.60 Å². The Morgan fingerprint density at radius 2 is 1.85 bits per heavy atom. The summed E-state index contributed by atoms with van der Waals surface area (Å²) in [7, 11) is 0. The Kier molecular flexibility index (Phi) is 9.57. The molecule has 1 N–H and O–H groups in total. The van der Waals surface area contributed by atoms with Crippen molar-refractivity contribution in [1.82, 2.24) is 4.90 Å². The van der Waals surface area contributed by atoms with Crippen molar-refractivity contribution >= 4 is 34.5 Å². The summed E-state index contributed by atoms with van der Waals surface area (Å²) in [6.07, 6.45) is 1.02. The van der Waals surface area contributed by atoms with Gasteiger partial charge in [0, 0.05) is 29.0 Å². The van der Waals surface area contributed by atoms with Gasteiger partial charge in [-0.25, -0.2) is 4.79 Å². The van der Waals surface area contributed by atoms with Crippen LogP contribution in [0.5, 0.6) is 0 Å². The Hall–Kier alpha value is -1.15. The normalized spacial score (nSPS) is 12.5. The molecule has 0 aliphatic heterocycles. The van der Waals surface area contributed by atoms with E-state index < -0.39 is 11.7 Å². The molecule has 5 nitrogen and oxygen atoms in total. The van der Waals surface area contributed by atoms with Gasteiger partial charge in [-0.15, -0.1) is 0 Å². The number of rotatable bonds is 9. The third kappa shape index (κ3) is 7.61. The number of aliphatic hydroxyl groups is 1. The maximum atomic E-state index is 12.9. The molecule has 0 spiro atoms. The summed E-state index contributed by atoms with van der Waals surface area (Å²) in [6, 6.07) is 7.62. The highest BCUT2D eigenvalue weighted by Gasteiger charge is 2.27. The molecule has 0 aliphatic rings. The molecule has 1 amide bonds. The molecular formula is C20H30INO4. The van der Waals surface area contributed by atoms with Crippen molar-refractivity contribution in [3.05, 3.63) is 35.4 Å². The highest BCUT2D eigenvalue weighted by atomic mass is 127. The summed E-state index contributed by atoms with van der Waals surface area (Å²) >= 11 is 2.29. The number of nitrogens with zero attached hydrogens (tertiary/aromatic N) is 1. The third-order valence-corrected chi connectivity index (χ3v) is 4.74. The number of benzene rings is 1. The average molecular weight is 475 g/mol. The number of ketones is 1. The van der Waals surface area contributed by atoms with Crippen LogP contribution >= 0.6 is 22.6 Å². The highest BCUT2D eigenvalue weighted by Crippen LogP contribution is 2.19. The van der Waals surface area contributed by atoms with E-state index in [-0.39, 0.29) is 31.4 Å². The van der Waals surface area contributed by atoms with Crippen LogP contribution in [0.4, 0.5) is 4.79 Å². The van der Waals surface area contributed by atoms with E-state index in [1.165, 1.54) is 10.5 Å². The summed E-state index contributed by atoms with van der Waals surface area (Å²) in [5, 5.41) is 9.30. The van der Waals surface area contributed by atoms with Crippen LogP contribution in [-0.2, 0) is 9.16 Å². The van der Waals surface area contributed by atoms with E-state index in [0.717, 1.165) is 10.8 Å². The van der Waals surface area contributed by atoms with E-state index in [2.05, 4.69) is 22.6 Å². The van der Waals surface area contributed by atoms with Crippen LogP contribution in [0.3, 0.4) is 0 Å². The quantitative estimate of drug-likeness (QED) is 0.326. The van der Waals surface area contributed by atoms with Gasteiger partial charge in [-0.2, -0.15) is 0 Å². The number of aliphatic hydroxyl groups excluding tert-OH is 1. The van der Waals surface area contributed by atoms with Gasteiger partial charge in [0.15, 0.2) is 5.78 Å². The third-order valence-electron chi connectivity index (χ3n) is 3.86. The van der Waals surface area contributed by atoms with Gasteiger partial charge in [-0.05, 0) is 32.8 Å². The molecule has 146 valence electrons. The fraction of sp³-hybridized carbons (Fsp3) is 0.600. The lowest BCUT2D eigenvalue weighted by molar-refractivity contribution is 0.0188. The lowest BCUT2D eigenvalue weighted by Crippen LogP contribution is -2.42. The molecule has 0 saturated carbocycles. The second-order valence-corrected chi connectivity index (χ2v) is 8.09. The van der Waals surface area contributed by atoms with E-state index in [4.69, 9.17) is 4.74 Å². The summed E-state index contributed by atoms with van der Waals surface area (Å²) in [5.41, 5.74) is 1.21. The van der Waals surface area contributed by atoms with Gasteiger partial charge in [0.25, 0.3) is 0 Å². The number of Topliss-reactive ketones (excluding diaryl/α,β-unsaturated/α-hetero) is 1. The first-order chi connectivity index (χ1) is 12.2. The fourth-order valence-electron chi connectivity index (χ4n) is 2.62. The predicted octanol–water partition coefficient (Wildman–Crippen LogP) is 4.45. The summed E-state index contributed by atoms with van der Waals surface area (Å²) in [5.74, 6) is -0.289. The molecule has 0 fully saturated rings. The summed E-state index contributed by atoms with van der Waals surface area (Å²) in [6.45, 7) is 7.63. The molecular weight excluding hydrogens is 445 g/mol. The second kappa shape index (κ2) is 10.9. The van der Waals surface area contributed by atoms with E-state index in [1.54, 1.807) is 20.8 Å². The van der Waals surface area contributed by atoms with Crippen LogP contribution in [0.1, 0.15) is 56.5 Å². The van der Waals surface area contributed by atoms with Crippen LogP contribution in [0, 0.1) is 5.92 Å². The molecule has 0 radical (unpaired) electrons. The Labute approximate surface area is 170 Å². The van der Waals surface area contributed by atoms with Gasteiger partial charge >= 0.3 is 6.09 Å². The first kappa shape index (κ1) is 22.9. The number of carbonyl (C=O) groups is 2. The van der Waals surface area contributed by atoms with Crippen LogP contribution in [-0.4, -0.2) is 47.2 Å². The predicted molar refractivity (Wildman–Crippen MR) is 112 cm³/mol. The lowest BCUT2D eigenvalue weighted by atomic mass is 9.92. The summed E-state index contributed by atoms with van der Waals surface area (Å²) in [4.78, 5) is 26.8. The van der Waals surface area contributed by atoms with Crippen LogP contribution in [0.15, 0.2) is 24.3 Å². The molecule has 1 aromatic carbocycles. The molecule has 1 aromatic rings. The smallest absolute Gasteiger partial charge is 0.410 e. The van der Waals surface area contributed by atoms with Crippen LogP contribution in [0.25, 0.3) is 0 Å². The zero-order valence-electron chi connectivity index (χ0n) is 16.1. The van der Waals surface area contributed by atoms with Crippen molar-refractivity contribution in [2.45, 2.75) is 50.6 Å². The minimum Gasteiger partial charge on any atom is -0.444 e. The van der Waals surface area contributed by atoms with E-state index in [1.807, 2.05) is 31.2 Å². The maximum Gasteiger partial charge on any atom is 0.410 e. The SMILES string of the molecule is CCCC(CN(CCO)C(=O)OC(C)(C)C)C(=O)c1ccc(CI)cc1. The van der Waals surface area contributed by atoms with E-state index in [0.29, 0.717) is 12.0 Å². The standard InChI is InChI=1S/C20H30INO4/c1-5-6-17(18(24)16-9-7-15(13-21)8-10-16)14-22(11-12-23)19(25)26-20(2,3)4/h7-10,17,23H,5-6,11-14H2,1-4H3. The zero-order valence-corrected chi connectivity index (χ0v) is 18.3. The number of hydrogen-bond donors (Lipinski definition) is 1. The molecule has 0 aliphatic carbocycles. The second-order valence-electron chi connectivity index (χ2n) is 7.33. The molecule has 1 rings (SSSR count). The molecule has 6 heteroatoms. The number of alkyl halides is 1. The Morgan fingerprint density at radius 1 is 1.23 bits per heavy atom. The van der Waals surface area contributed by atoms with Crippen LogP contribution in [0.2, 0.25) is 0 Å². The number of hydrogen-bond acceptors (Lipinski definition) is 4. The average Bonchev–Trinajstić information content (AvgIpc) is 2.58. The number of carbonyl (C=O) groups excluding carboxylic acids is 2. The molecule has 0 aromatic heterocycles. The van der Waals surface area contributed by atoms with Crippen molar-refractivity contribution in [3.8, 4) is 0 Å². The minimum atomic E-state index is -0.621.